The molecule has 35 heavy (non-hydrogen) atoms. The molecule has 184 valence electrons. The van der Waals surface area contributed by atoms with Gasteiger partial charge in [0.25, 0.3) is 5.91 Å². The van der Waals surface area contributed by atoms with Crippen LogP contribution in [0.3, 0.4) is 0 Å². The predicted molar refractivity (Wildman–Crippen MR) is 141 cm³/mol. The van der Waals surface area contributed by atoms with Crippen LogP contribution in [0, 0.1) is 17.8 Å². The van der Waals surface area contributed by atoms with E-state index in [2.05, 4.69) is 28.0 Å². The number of thiocarbonyl (C=S) groups is 1. The normalized spacial score (nSPS) is 26.5. The average Bonchev–Trinajstić information content (AvgIpc) is 2.82. The summed E-state index contributed by atoms with van der Waals surface area (Å²) in [7, 11) is 1.54. The highest BCUT2D eigenvalue weighted by Gasteiger charge is 2.51. The van der Waals surface area contributed by atoms with Gasteiger partial charge in [0.1, 0.15) is 0 Å². The number of rotatable bonds is 8. The van der Waals surface area contributed by atoms with Crippen molar-refractivity contribution < 1.29 is 14.3 Å². The van der Waals surface area contributed by atoms with Crippen LogP contribution in [0.4, 0.5) is 5.69 Å². The van der Waals surface area contributed by atoms with Gasteiger partial charge in [-0.25, -0.2) is 0 Å². The standard InChI is InChI=1S/C27H32N4O3S/c1-33-24-11-17(15-29-31-26(28)35)2-7-23(24)34-16-25(32)30-22-5-3-21(4-6-22)27-12-18-8-19(13-27)10-20(9-18)14-27/h2-7,11,15,18-20H,8-10,12-14,16H2,1H3,(H,30,32)(H3,28,31,35)/b29-15-. The van der Waals surface area contributed by atoms with Crippen LogP contribution in [0.1, 0.15) is 49.7 Å². The van der Waals surface area contributed by atoms with Crippen molar-refractivity contribution in [3.8, 4) is 11.5 Å². The maximum atomic E-state index is 12.5. The van der Waals surface area contributed by atoms with Gasteiger partial charge in [0.15, 0.2) is 23.2 Å². The van der Waals surface area contributed by atoms with Crippen LogP contribution in [0.15, 0.2) is 47.6 Å². The van der Waals surface area contributed by atoms with Crippen molar-refractivity contribution in [3.63, 3.8) is 0 Å². The zero-order valence-corrected chi connectivity index (χ0v) is 20.8. The molecule has 0 unspecified atom stereocenters. The molecule has 4 N–H and O–H groups in total. The topological polar surface area (TPSA) is 98.0 Å². The number of benzene rings is 2. The van der Waals surface area contributed by atoms with Crippen molar-refractivity contribution >= 4 is 35.1 Å². The van der Waals surface area contributed by atoms with E-state index in [1.165, 1.54) is 44.1 Å². The van der Waals surface area contributed by atoms with Crippen molar-refractivity contribution in [1.29, 1.82) is 0 Å². The second-order valence-electron chi connectivity index (χ2n) is 10.3. The van der Waals surface area contributed by atoms with E-state index in [-0.39, 0.29) is 17.6 Å². The van der Waals surface area contributed by atoms with Crippen LogP contribution in [0.2, 0.25) is 0 Å². The molecule has 6 rings (SSSR count). The number of carbonyl (C=O) groups excluding carboxylic acids is 1. The minimum atomic E-state index is -0.221. The summed E-state index contributed by atoms with van der Waals surface area (Å²) in [6, 6.07) is 13.8. The molecule has 4 bridgehead atoms. The summed E-state index contributed by atoms with van der Waals surface area (Å²) in [5.74, 6) is 3.49. The van der Waals surface area contributed by atoms with Gasteiger partial charge in [0.05, 0.1) is 13.3 Å². The Hall–Kier alpha value is -3.13. The van der Waals surface area contributed by atoms with Crippen LogP contribution in [0.25, 0.3) is 0 Å². The Balaban J connectivity index is 1.17. The molecule has 7 nitrogen and oxygen atoms in total. The van der Waals surface area contributed by atoms with E-state index in [0.717, 1.165) is 29.0 Å². The van der Waals surface area contributed by atoms with E-state index in [1.54, 1.807) is 31.5 Å². The first-order valence-corrected chi connectivity index (χ1v) is 12.6. The first kappa shape index (κ1) is 23.6. The van der Waals surface area contributed by atoms with Crippen molar-refractivity contribution in [3.05, 3.63) is 53.6 Å². The summed E-state index contributed by atoms with van der Waals surface area (Å²) in [6.45, 7) is -0.122. The molecule has 4 saturated carbocycles. The largest absolute Gasteiger partial charge is 0.493 e. The highest BCUT2D eigenvalue weighted by molar-refractivity contribution is 7.80. The molecule has 0 aromatic heterocycles. The van der Waals surface area contributed by atoms with Gasteiger partial charge in [-0.1, -0.05) is 12.1 Å². The summed E-state index contributed by atoms with van der Waals surface area (Å²) in [6.07, 6.45) is 9.88. The van der Waals surface area contributed by atoms with E-state index < -0.39 is 0 Å². The van der Waals surface area contributed by atoms with Gasteiger partial charge in [-0.3, -0.25) is 10.2 Å². The lowest BCUT2D eigenvalue weighted by Gasteiger charge is -2.57. The molecular weight excluding hydrogens is 460 g/mol. The van der Waals surface area contributed by atoms with Crippen molar-refractivity contribution in [2.24, 2.45) is 28.6 Å². The zero-order chi connectivity index (χ0) is 24.4. The summed E-state index contributed by atoms with van der Waals surface area (Å²) >= 11 is 4.72. The van der Waals surface area contributed by atoms with Crippen LogP contribution < -0.4 is 25.9 Å². The number of ether oxygens (including phenoxy) is 2. The van der Waals surface area contributed by atoms with E-state index in [4.69, 9.17) is 27.4 Å². The van der Waals surface area contributed by atoms with Crippen molar-refractivity contribution in [2.45, 2.75) is 43.9 Å². The van der Waals surface area contributed by atoms with Gasteiger partial charge >= 0.3 is 0 Å². The van der Waals surface area contributed by atoms with E-state index in [1.807, 2.05) is 12.1 Å². The molecular formula is C27H32N4O3S. The van der Waals surface area contributed by atoms with E-state index >= 15 is 0 Å². The molecule has 4 fully saturated rings. The van der Waals surface area contributed by atoms with Gasteiger partial charge in [0.2, 0.25) is 0 Å². The second-order valence-corrected chi connectivity index (χ2v) is 10.7. The number of methoxy groups -OCH3 is 1. The molecule has 0 radical (unpaired) electrons. The van der Waals surface area contributed by atoms with E-state index in [0.29, 0.717) is 16.9 Å². The smallest absolute Gasteiger partial charge is 0.262 e. The van der Waals surface area contributed by atoms with Crippen molar-refractivity contribution in [2.75, 3.05) is 19.0 Å². The average molecular weight is 493 g/mol. The number of anilines is 1. The number of hydrogen-bond donors (Lipinski definition) is 3. The third kappa shape index (κ3) is 5.27. The fraction of sp³-hybridized carbons (Fsp3) is 0.444. The SMILES string of the molecule is COc1cc(/C=N\NC(N)=S)ccc1OCC(=O)Nc1ccc(C23CC4CC(CC(C4)C2)C3)cc1. The fourth-order valence-electron chi connectivity index (χ4n) is 6.77. The van der Waals surface area contributed by atoms with Crippen LogP contribution in [-0.4, -0.2) is 31.0 Å². The van der Waals surface area contributed by atoms with Gasteiger partial charge in [-0.2, -0.15) is 5.10 Å². The van der Waals surface area contributed by atoms with Gasteiger partial charge in [-0.05, 0) is 115 Å². The Morgan fingerprint density at radius 1 is 1.09 bits per heavy atom. The highest BCUT2D eigenvalue weighted by Crippen LogP contribution is 2.60. The first-order valence-electron chi connectivity index (χ1n) is 12.2. The quantitative estimate of drug-likeness (QED) is 0.288. The van der Waals surface area contributed by atoms with Crippen molar-refractivity contribution in [1.82, 2.24) is 5.43 Å². The lowest BCUT2D eigenvalue weighted by atomic mass is 9.48. The molecule has 0 aliphatic heterocycles. The molecule has 0 heterocycles. The maximum Gasteiger partial charge on any atom is 0.262 e. The Morgan fingerprint density at radius 3 is 2.34 bits per heavy atom. The third-order valence-electron chi connectivity index (χ3n) is 7.75. The predicted octanol–water partition coefficient (Wildman–Crippen LogP) is 4.35. The minimum absolute atomic E-state index is 0.0848. The monoisotopic (exact) mass is 492 g/mol. The molecule has 4 aliphatic rings. The Labute approximate surface area is 211 Å². The maximum absolute atomic E-state index is 12.5. The summed E-state index contributed by atoms with van der Waals surface area (Å²) in [4.78, 5) is 12.5. The number of amides is 1. The highest BCUT2D eigenvalue weighted by atomic mass is 32.1. The van der Waals surface area contributed by atoms with Gasteiger partial charge in [-0.15, -0.1) is 0 Å². The summed E-state index contributed by atoms with van der Waals surface area (Å²) in [5, 5.41) is 6.95. The number of nitrogens with two attached hydrogens (primary N) is 1. The molecule has 2 aromatic carbocycles. The molecule has 4 aliphatic carbocycles. The molecule has 0 atom stereocenters. The second kappa shape index (κ2) is 9.85. The number of hydrazone groups is 1. The molecule has 2 aromatic rings. The van der Waals surface area contributed by atoms with Crippen LogP contribution in [-0.2, 0) is 10.2 Å². The molecule has 1 amide bonds. The van der Waals surface area contributed by atoms with Gasteiger partial charge in [0, 0.05) is 5.69 Å². The number of nitrogens with one attached hydrogen (secondary N) is 2. The minimum Gasteiger partial charge on any atom is -0.493 e. The third-order valence-corrected chi connectivity index (χ3v) is 7.85. The Bertz CT molecular complexity index is 1100. The lowest BCUT2D eigenvalue weighted by molar-refractivity contribution is -0.118. The number of carbonyl (C=O) groups is 1. The summed E-state index contributed by atoms with van der Waals surface area (Å²) in [5.41, 5.74) is 11.2. The summed E-state index contributed by atoms with van der Waals surface area (Å²) < 4.78 is 11.1. The first-order chi connectivity index (χ1) is 16.9. The van der Waals surface area contributed by atoms with Gasteiger partial charge < -0.3 is 20.5 Å². The molecule has 0 spiro atoms. The fourth-order valence-corrected chi connectivity index (χ4v) is 6.82. The lowest BCUT2D eigenvalue weighted by Crippen LogP contribution is -2.48. The Kier molecular flexibility index (Phi) is 6.65. The molecule has 0 saturated heterocycles. The number of nitrogens with zero attached hydrogens (tertiary/aromatic N) is 1. The number of hydrogen-bond acceptors (Lipinski definition) is 5. The Morgan fingerprint density at radius 2 is 1.74 bits per heavy atom. The van der Waals surface area contributed by atoms with Crippen LogP contribution in [0.5, 0.6) is 11.5 Å². The molecule has 8 heteroatoms. The van der Waals surface area contributed by atoms with Crippen LogP contribution >= 0.6 is 12.2 Å². The zero-order valence-electron chi connectivity index (χ0n) is 20.0. The van der Waals surface area contributed by atoms with E-state index in [9.17, 15) is 4.79 Å².